The van der Waals surface area contributed by atoms with Crippen LogP contribution < -0.4 is 0 Å². The molecule has 15 heavy (non-hydrogen) atoms. The molecule has 2 rings (SSSR count). The zero-order chi connectivity index (χ0) is 10.8. The SMILES string of the molecule is ClCc1nncn1-c1ccc(Cl)cc1Br. The first kappa shape index (κ1) is 10.9. The Hall–Kier alpha value is -0.580. The number of rotatable bonds is 2. The van der Waals surface area contributed by atoms with Crippen LogP contribution in [0.15, 0.2) is 29.0 Å². The Kier molecular flexibility index (Phi) is 3.29. The molecule has 1 heterocycles. The molecule has 0 aliphatic rings. The molecule has 1 aromatic carbocycles. The molecule has 0 N–H and O–H groups in total. The summed E-state index contributed by atoms with van der Waals surface area (Å²) in [6, 6.07) is 5.50. The van der Waals surface area contributed by atoms with E-state index in [4.69, 9.17) is 23.2 Å². The smallest absolute Gasteiger partial charge is 0.152 e. The van der Waals surface area contributed by atoms with Gasteiger partial charge in [0.25, 0.3) is 0 Å². The minimum Gasteiger partial charge on any atom is -0.283 e. The highest BCUT2D eigenvalue weighted by atomic mass is 79.9. The Morgan fingerprint density at radius 3 is 2.87 bits per heavy atom. The minimum atomic E-state index is 0.315. The standard InChI is InChI=1S/C9H6BrCl2N3/c10-7-3-6(12)1-2-8(7)15-5-13-14-9(15)4-11/h1-3,5H,4H2. The Labute approximate surface area is 105 Å². The number of aromatic nitrogens is 3. The zero-order valence-electron chi connectivity index (χ0n) is 7.49. The molecule has 0 amide bonds. The maximum atomic E-state index is 5.86. The second kappa shape index (κ2) is 4.51. The summed E-state index contributed by atoms with van der Waals surface area (Å²) in [5, 5.41) is 8.38. The fraction of sp³-hybridized carbons (Fsp3) is 0.111. The van der Waals surface area contributed by atoms with Crippen molar-refractivity contribution in [2.75, 3.05) is 0 Å². The van der Waals surface area contributed by atoms with Crippen molar-refractivity contribution in [1.29, 1.82) is 0 Å². The molecular weight excluding hydrogens is 301 g/mol. The molecule has 2 aromatic rings. The summed E-state index contributed by atoms with van der Waals surface area (Å²) in [6.07, 6.45) is 1.62. The van der Waals surface area contributed by atoms with Crippen LogP contribution in [0.3, 0.4) is 0 Å². The number of benzene rings is 1. The Morgan fingerprint density at radius 1 is 1.40 bits per heavy atom. The lowest BCUT2D eigenvalue weighted by atomic mass is 10.3. The second-order valence-corrected chi connectivity index (χ2v) is 4.40. The fourth-order valence-electron chi connectivity index (χ4n) is 1.23. The van der Waals surface area contributed by atoms with Crippen molar-refractivity contribution in [2.24, 2.45) is 0 Å². The van der Waals surface area contributed by atoms with Crippen LogP contribution in [0, 0.1) is 0 Å². The topological polar surface area (TPSA) is 30.7 Å². The maximum Gasteiger partial charge on any atom is 0.152 e. The van der Waals surface area contributed by atoms with E-state index < -0.39 is 0 Å². The van der Waals surface area contributed by atoms with Crippen LogP contribution in [-0.2, 0) is 5.88 Å². The molecule has 6 heteroatoms. The van der Waals surface area contributed by atoms with Crippen molar-refractivity contribution >= 4 is 39.1 Å². The number of hydrogen-bond donors (Lipinski definition) is 0. The van der Waals surface area contributed by atoms with E-state index in [1.54, 1.807) is 12.4 Å². The molecule has 0 radical (unpaired) electrons. The molecule has 78 valence electrons. The highest BCUT2D eigenvalue weighted by molar-refractivity contribution is 9.10. The predicted octanol–water partition coefficient (Wildman–Crippen LogP) is 3.42. The molecular formula is C9H6BrCl2N3. The number of alkyl halides is 1. The summed E-state index contributed by atoms with van der Waals surface area (Å²) < 4.78 is 2.69. The zero-order valence-corrected chi connectivity index (χ0v) is 10.6. The van der Waals surface area contributed by atoms with Gasteiger partial charge in [-0.3, -0.25) is 4.57 Å². The molecule has 0 atom stereocenters. The van der Waals surface area contributed by atoms with Gasteiger partial charge in [-0.15, -0.1) is 21.8 Å². The molecule has 1 aromatic heterocycles. The molecule has 0 saturated carbocycles. The van der Waals surface area contributed by atoms with Gasteiger partial charge < -0.3 is 0 Å². The van der Waals surface area contributed by atoms with Gasteiger partial charge >= 0.3 is 0 Å². The van der Waals surface area contributed by atoms with Gasteiger partial charge in [0, 0.05) is 9.50 Å². The van der Waals surface area contributed by atoms with Crippen LogP contribution in [0.5, 0.6) is 0 Å². The third-order valence-corrected chi connectivity index (χ3v) is 3.02. The lowest BCUT2D eigenvalue weighted by Crippen LogP contribution is -1.98. The number of halogens is 3. The molecule has 0 fully saturated rings. The van der Waals surface area contributed by atoms with E-state index in [2.05, 4.69) is 26.1 Å². The van der Waals surface area contributed by atoms with Crippen molar-refractivity contribution in [3.8, 4) is 5.69 Å². The summed E-state index contributed by atoms with van der Waals surface area (Å²) in [7, 11) is 0. The van der Waals surface area contributed by atoms with Crippen LogP contribution in [0.2, 0.25) is 5.02 Å². The first-order valence-corrected chi connectivity index (χ1v) is 5.83. The average molecular weight is 307 g/mol. The Balaban J connectivity index is 2.54. The van der Waals surface area contributed by atoms with Gasteiger partial charge in [-0.05, 0) is 34.1 Å². The van der Waals surface area contributed by atoms with Crippen molar-refractivity contribution in [3.05, 3.63) is 39.8 Å². The minimum absolute atomic E-state index is 0.315. The van der Waals surface area contributed by atoms with Crippen LogP contribution in [0.25, 0.3) is 5.69 Å². The summed E-state index contributed by atoms with van der Waals surface area (Å²) in [5.74, 6) is 1.01. The average Bonchev–Trinajstić information content (AvgIpc) is 2.65. The third-order valence-electron chi connectivity index (χ3n) is 1.91. The molecule has 0 saturated heterocycles. The van der Waals surface area contributed by atoms with Gasteiger partial charge in [0.1, 0.15) is 6.33 Å². The van der Waals surface area contributed by atoms with Crippen molar-refractivity contribution in [2.45, 2.75) is 5.88 Å². The second-order valence-electron chi connectivity index (χ2n) is 2.85. The fourth-order valence-corrected chi connectivity index (χ4v) is 2.28. The largest absolute Gasteiger partial charge is 0.283 e. The van der Waals surface area contributed by atoms with E-state index in [-0.39, 0.29) is 0 Å². The first-order chi connectivity index (χ1) is 7.22. The molecule has 3 nitrogen and oxygen atoms in total. The summed E-state index contributed by atoms with van der Waals surface area (Å²) in [5.41, 5.74) is 0.917. The molecule has 0 bridgehead atoms. The monoisotopic (exact) mass is 305 g/mol. The molecule has 0 aliphatic heterocycles. The van der Waals surface area contributed by atoms with Crippen molar-refractivity contribution < 1.29 is 0 Å². The Bertz CT molecular complexity index is 484. The highest BCUT2D eigenvalue weighted by Gasteiger charge is 2.08. The molecule has 0 spiro atoms. The quantitative estimate of drug-likeness (QED) is 0.796. The molecule has 0 aliphatic carbocycles. The van der Waals surface area contributed by atoms with E-state index in [1.165, 1.54) is 0 Å². The summed E-state index contributed by atoms with van der Waals surface area (Å²) in [6.45, 7) is 0. The van der Waals surface area contributed by atoms with Gasteiger partial charge in [0.2, 0.25) is 0 Å². The van der Waals surface area contributed by atoms with Gasteiger partial charge in [0.05, 0.1) is 11.6 Å². The summed E-state index contributed by atoms with van der Waals surface area (Å²) >= 11 is 15.0. The first-order valence-electron chi connectivity index (χ1n) is 4.12. The van der Waals surface area contributed by atoms with Crippen LogP contribution in [0.4, 0.5) is 0 Å². The Morgan fingerprint density at radius 2 is 2.20 bits per heavy atom. The van der Waals surface area contributed by atoms with Gasteiger partial charge in [-0.1, -0.05) is 11.6 Å². The van der Waals surface area contributed by atoms with Gasteiger partial charge in [-0.2, -0.15) is 0 Å². The lowest BCUT2D eigenvalue weighted by Gasteiger charge is -2.07. The molecule has 0 unspecified atom stereocenters. The lowest BCUT2D eigenvalue weighted by molar-refractivity contribution is 0.947. The summed E-state index contributed by atoms with van der Waals surface area (Å²) in [4.78, 5) is 0. The van der Waals surface area contributed by atoms with Crippen LogP contribution >= 0.6 is 39.1 Å². The predicted molar refractivity (Wildman–Crippen MR) is 63.6 cm³/mol. The third kappa shape index (κ3) is 2.17. The van der Waals surface area contributed by atoms with E-state index in [1.807, 2.05) is 16.7 Å². The number of nitrogens with zero attached hydrogens (tertiary/aromatic N) is 3. The van der Waals surface area contributed by atoms with Crippen molar-refractivity contribution in [1.82, 2.24) is 14.8 Å². The van der Waals surface area contributed by atoms with E-state index >= 15 is 0 Å². The van der Waals surface area contributed by atoms with Crippen LogP contribution in [0.1, 0.15) is 5.82 Å². The highest BCUT2D eigenvalue weighted by Crippen LogP contribution is 2.25. The van der Waals surface area contributed by atoms with E-state index in [0.29, 0.717) is 16.7 Å². The van der Waals surface area contributed by atoms with Gasteiger partial charge in [0.15, 0.2) is 5.82 Å². The van der Waals surface area contributed by atoms with E-state index in [9.17, 15) is 0 Å². The maximum absolute atomic E-state index is 5.86. The number of hydrogen-bond acceptors (Lipinski definition) is 2. The van der Waals surface area contributed by atoms with E-state index in [0.717, 1.165) is 10.2 Å². The van der Waals surface area contributed by atoms with Gasteiger partial charge in [-0.25, -0.2) is 0 Å². The van der Waals surface area contributed by atoms with Crippen molar-refractivity contribution in [3.63, 3.8) is 0 Å². The van der Waals surface area contributed by atoms with Crippen LogP contribution in [-0.4, -0.2) is 14.8 Å². The normalized spacial score (nSPS) is 10.6.